The van der Waals surface area contributed by atoms with Crippen LogP contribution in [0.25, 0.3) is 0 Å². The lowest BCUT2D eigenvalue weighted by molar-refractivity contribution is 0.506. The van der Waals surface area contributed by atoms with Gasteiger partial charge in [0.15, 0.2) is 0 Å². The van der Waals surface area contributed by atoms with Gasteiger partial charge >= 0.3 is 0 Å². The van der Waals surface area contributed by atoms with Gasteiger partial charge in [0.05, 0.1) is 11.7 Å². The van der Waals surface area contributed by atoms with Gasteiger partial charge in [-0.25, -0.2) is 4.98 Å². The highest BCUT2D eigenvalue weighted by Crippen LogP contribution is 2.41. The summed E-state index contributed by atoms with van der Waals surface area (Å²) in [6.07, 6.45) is 3.41. The Balaban J connectivity index is 2.35. The number of thiazole rings is 1. The van der Waals surface area contributed by atoms with Crippen molar-refractivity contribution in [3.8, 4) is 0 Å². The molecule has 0 aromatic carbocycles. The molecule has 0 saturated carbocycles. The molecule has 0 spiro atoms. The quantitative estimate of drug-likeness (QED) is 0.815. The molecule has 1 heterocycles. The van der Waals surface area contributed by atoms with Crippen molar-refractivity contribution >= 4 is 11.3 Å². The van der Waals surface area contributed by atoms with E-state index in [4.69, 9.17) is 10.7 Å². The summed E-state index contributed by atoms with van der Waals surface area (Å²) in [5.74, 6) is 0. The molecule has 0 radical (unpaired) electrons. The molecular formula is C11H18N2S. The van der Waals surface area contributed by atoms with Gasteiger partial charge in [0.25, 0.3) is 0 Å². The summed E-state index contributed by atoms with van der Waals surface area (Å²) in [4.78, 5) is 6.17. The lowest BCUT2D eigenvalue weighted by Gasteiger charge is -2.15. The summed E-state index contributed by atoms with van der Waals surface area (Å²) in [5.41, 5.74) is 7.57. The van der Waals surface area contributed by atoms with E-state index in [-0.39, 0.29) is 11.5 Å². The summed E-state index contributed by atoms with van der Waals surface area (Å²) in [5, 5.41) is 1.13. The van der Waals surface area contributed by atoms with E-state index in [0.717, 1.165) is 11.4 Å². The Morgan fingerprint density at radius 3 is 2.86 bits per heavy atom. The minimum absolute atomic E-state index is 0.140. The van der Waals surface area contributed by atoms with Crippen LogP contribution >= 0.6 is 11.3 Å². The third kappa shape index (κ3) is 1.48. The molecule has 0 aliphatic heterocycles. The SMILES string of the molecule is CCC(N)c1nc2c(s1)CCC2(C)C. The smallest absolute Gasteiger partial charge is 0.110 e. The second kappa shape index (κ2) is 3.31. The van der Waals surface area contributed by atoms with E-state index in [1.807, 2.05) is 11.3 Å². The van der Waals surface area contributed by atoms with Gasteiger partial charge in [-0.15, -0.1) is 11.3 Å². The van der Waals surface area contributed by atoms with Gasteiger partial charge in [-0.05, 0) is 19.3 Å². The molecule has 2 N–H and O–H groups in total. The molecule has 1 aliphatic rings. The first-order valence-electron chi connectivity index (χ1n) is 5.30. The lowest BCUT2D eigenvalue weighted by atomic mass is 9.91. The molecule has 2 nitrogen and oxygen atoms in total. The second-order valence-electron chi connectivity index (χ2n) is 4.72. The van der Waals surface area contributed by atoms with Crippen LogP contribution < -0.4 is 5.73 Å². The summed E-state index contributed by atoms with van der Waals surface area (Å²) in [7, 11) is 0. The van der Waals surface area contributed by atoms with Crippen molar-refractivity contribution in [3.05, 3.63) is 15.6 Å². The third-order valence-corrected chi connectivity index (χ3v) is 4.34. The number of rotatable bonds is 2. The van der Waals surface area contributed by atoms with Crippen molar-refractivity contribution in [2.24, 2.45) is 5.73 Å². The van der Waals surface area contributed by atoms with Gasteiger partial charge in [-0.1, -0.05) is 20.8 Å². The molecule has 1 unspecified atom stereocenters. The second-order valence-corrected chi connectivity index (χ2v) is 5.84. The van der Waals surface area contributed by atoms with Crippen molar-refractivity contribution in [2.75, 3.05) is 0 Å². The fourth-order valence-electron chi connectivity index (χ4n) is 1.95. The molecule has 3 heteroatoms. The molecule has 1 aromatic rings. The van der Waals surface area contributed by atoms with E-state index in [1.54, 1.807) is 0 Å². The predicted octanol–water partition coefficient (Wildman–Crippen LogP) is 2.78. The highest BCUT2D eigenvalue weighted by Gasteiger charge is 2.34. The highest BCUT2D eigenvalue weighted by atomic mass is 32.1. The molecule has 14 heavy (non-hydrogen) atoms. The zero-order valence-electron chi connectivity index (χ0n) is 9.13. The summed E-state index contributed by atoms with van der Waals surface area (Å²) < 4.78 is 0. The molecule has 0 bridgehead atoms. The van der Waals surface area contributed by atoms with Crippen LogP contribution in [0, 0.1) is 0 Å². The van der Waals surface area contributed by atoms with Crippen LogP contribution in [0.3, 0.4) is 0 Å². The van der Waals surface area contributed by atoms with Crippen LogP contribution in [0.2, 0.25) is 0 Å². The van der Waals surface area contributed by atoms with E-state index >= 15 is 0 Å². The van der Waals surface area contributed by atoms with Crippen molar-refractivity contribution in [1.82, 2.24) is 4.98 Å². The maximum absolute atomic E-state index is 5.99. The maximum Gasteiger partial charge on any atom is 0.110 e. The number of nitrogens with zero attached hydrogens (tertiary/aromatic N) is 1. The fraction of sp³-hybridized carbons (Fsp3) is 0.727. The summed E-state index contributed by atoms with van der Waals surface area (Å²) in [6, 6.07) is 0.140. The Morgan fingerprint density at radius 1 is 1.57 bits per heavy atom. The van der Waals surface area contributed by atoms with E-state index in [0.29, 0.717) is 0 Å². The Kier molecular flexibility index (Phi) is 2.40. The number of aromatic nitrogens is 1. The van der Waals surface area contributed by atoms with Crippen LogP contribution in [-0.2, 0) is 11.8 Å². The number of aryl methyl sites for hydroxylation is 1. The van der Waals surface area contributed by atoms with Gasteiger partial charge in [0.1, 0.15) is 5.01 Å². The molecule has 1 aliphatic carbocycles. The zero-order chi connectivity index (χ0) is 10.3. The van der Waals surface area contributed by atoms with E-state index in [1.165, 1.54) is 23.4 Å². The number of nitrogens with two attached hydrogens (primary N) is 1. The van der Waals surface area contributed by atoms with Gasteiger partial charge in [0.2, 0.25) is 0 Å². The summed E-state index contributed by atoms with van der Waals surface area (Å²) >= 11 is 1.82. The van der Waals surface area contributed by atoms with Crippen molar-refractivity contribution < 1.29 is 0 Å². The molecule has 2 rings (SSSR count). The van der Waals surface area contributed by atoms with Crippen LogP contribution in [0.15, 0.2) is 0 Å². The fourth-order valence-corrected chi connectivity index (χ4v) is 3.28. The van der Waals surface area contributed by atoms with Crippen LogP contribution in [0.1, 0.15) is 55.2 Å². The largest absolute Gasteiger partial charge is 0.322 e. The van der Waals surface area contributed by atoms with Gasteiger partial charge in [-0.3, -0.25) is 0 Å². The van der Waals surface area contributed by atoms with Gasteiger partial charge < -0.3 is 5.73 Å². The molecule has 0 amide bonds. The molecule has 0 fully saturated rings. The average molecular weight is 210 g/mol. The molecule has 1 aromatic heterocycles. The first-order chi connectivity index (χ1) is 6.54. The Labute approximate surface area is 89.5 Å². The van der Waals surface area contributed by atoms with Crippen molar-refractivity contribution in [2.45, 2.75) is 51.5 Å². The molecule has 0 saturated heterocycles. The zero-order valence-corrected chi connectivity index (χ0v) is 9.95. The van der Waals surface area contributed by atoms with E-state index in [9.17, 15) is 0 Å². The normalized spacial score (nSPS) is 20.9. The third-order valence-electron chi connectivity index (χ3n) is 3.09. The standard InChI is InChI=1S/C11H18N2S/c1-4-7(12)10-13-9-8(14-10)5-6-11(9,2)3/h7H,4-6,12H2,1-3H3. The molecule has 78 valence electrons. The predicted molar refractivity (Wildman–Crippen MR) is 60.7 cm³/mol. The van der Waals surface area contributed by atoms with Gasteiger partial charge in [0, 0.05) is 10.3 Å². The minimum Gasteiger partial charge on any atom is -0.322 e. The van der Waals surface area contributed by atoms with Crippen LogP contribution in [0.5, 0.6) is 0 Å². The lowest BCUT2D eigenvalue weighted by Crippen LogP contribution is -2.14. The summed E-state index contributed by atoms with van der Waals surface area (Å²) in [6.45, 7) is 6.67. The van der Waals surface area contributed by atoms with Crippen LogP contribution in [0.4, 0.5) is 0 Å². The first-order valence-corrected chi connectivity index (χ1v) is 6.12. The highest BCUT2D eigenvalue weighted by molar-refractivity contribution is 7.11. The number of hydrogen-bond acceptors (Lipinski definition) is 3. The Hall–Kier alpha value is -0.410. The van der Waals surface area contributed by atoms with E-state index < -0.39 is 0 Å². The topological polar surface area (TPSA) is 38.9 Å². The maximum atomic E-state index is 5.99. The minimum atomic E-state index is 0.140. The monoisotopic (exact) mass is 210 g/mol. The van der Waals surface area contributed by atoms with Crippen molar-refractivity contribution in [1.29, 1.82) is 0 Å². The first kappa shape index (κ1) is 10.1. The van der Waals surface area contributed by atoms with Gasteiger partial charge in [-0.2, -0.15) is 0 Å². The van der Waals surface area contributed by atoms with Crippen LogP contribution in [-0.4, -0.2) is 4.98 Å². The molecule has 1 atom stereocenters. The Bertz CT molecular complexity index is 341. The number of hydrogen-bond donors (Lipinski definition) is 1. The van der Waals surface area contributed by atoms with E-state index in [2.05, 4.69) is 20.8 Å². The van der Waals surface area contributed by atoms with Crippen molar-refractivity contribution in [3.63, 3.8) is 0 Å². The average Bonchev–Trinajstić information content (AvgIpc) is 2.67. The Morgan fingerprint density at radius 2 is 2.29 bits per heavy atom. The molecular weight excluding hydrogens is 192 g/mol. The number of fused-ring (bicyclic) bond motifs is 1.